The minimum atomic E-state index is -0.793. The van der Waals surface area contributed by atoms with Crippen molar-refractivity contribution >= 4 is 5.97 Å². The number of benzene rings is 1. The molecule has 2 rings (SSSR count). The molecule has 1 aromatic rings. The van der Waals surface area contributed by atoms with Gasteiger partial charge in [0.1, 0.15) is 0 Å². The summed E-state index contributed by atoms with van der Waals surface area (Å²) in [5.74, 6) is -0.997. The molecule has 0 bridgehead atoms. The molecule has 2 nitrogen and oxygen atoms in total. The number of carbonyl (C=O) groups is 1. The number of rotatable bonds is 4. The maximum atomic E-state index is 13.2. The van der Waals surface area contributed by atoms with Gasteiger partial charge < -0.3 is 0 Å². The standard InChI is InChI=1S/C12H13FIO2/c13-9-3-1-8(2-4-12(15)16)10(7-9)11-5-6-14-11/h1,3,7,11H,2,4-6H2,(H,15,16)/q-1. The third kappa shape index (κ3) is 2.72. The first-order valence-electron chi connectivity index (χ1n) is 5.24. The molecule has 0 radical (unpaired) electrons. The monoisotopic (exact) mass is 335 g/mol. The number of carboxylic acids is 1. The van der Waals surface area contributed by atoms with Gasteiger partial charge in [-0.1, -0.05) is 0 Å². The van der Waals surface area contributed by atoms with E-state index in [0.717, 1.165) is 17.5 Å². The molecule has 1 heterocycles. The molecule has 0 amide bonds. The fraction of sp³-hybridized carbons (Fsp3) is 0.417. The van der Waals surface area contributed by atoms with E-state index in [0.29, 0.717) is 10.3 Å². The Labute approximate surface area is 104 Å². The molecule has 1 unspecified atom stereocenters. The maximum absolute atomic E-state index is 13.2. The van der Waals surface area contributed by atoms with Crippen LogP contribution in [0.3, 0.4) is 0 Å². The summed E-state index contributed by atoms with van der Waals surface area (Å²) in [7, 11) is 0. The zero-order chi connectivity index (χ0) is 11.5. The van der Waals surface area contributed by atoms with Gasteiger partial charge in [-0.15, -0.1) is 0 Å². The molecule has 0 saturated carbocycles. The predicted octanol–water partition coefficient (Wildman–Crippen LogP) is -0.623. The van der Waals surface area contributed by atoms with Crippen LogP contribution < -0.4 is 21.2 Å². The Hall–Kier alpha value is -0.650. The fourth-order valence-electron chi connectivity index (χ4n) is 1.78. The van der Waals surface area contributed by atoms with Crippen LogP contribution >= 0.6 is 0 Å². The summed E-state index contributed by atoms with van der Waals surface area (Å²) in [6, 6.07) is 4.77. The molecule has 0 spiro atoms. The Balaban J connectivity index is 2.17. The van der Waals surface area contributed by atoms with Crippen molar-refractivity contribution in [3.05, 3.63) is 35.1 Å². The zero-order valence-corrected chi connectivity index (χ0v) is 10.9. The average molecular weight is 335 g/mol. The van der Waals surface area contributed by atoms with E-state index in [1.54, 1.807) is 12.1 Å². The molecule has 4 heteroatoms. The zero-order valence-electron chi connectivity index (χ0n) is 8.75. The topological polar surface area (TPSA) is 37.3 Å². The average Bonchev–Trinajstić information content (AvgIpc) is 2.13. The van der Waals surface area contributed by atoms with Crippen LogP contribution in [0.1, 0.15) is 27.9 Å². The van der Waals surface area contributed by atoms with Gasteiger partial charge in [0.15, 0.2) is 0 Å². The normalized spacial score (nSPS) is 19.7. The molecule has 16 heavy (non-hydrogen) atoms. The van der Waals surface area contributed by atoms with E-state index in [2.05, 4.69) is 0 Å². The van der Waals surface area contributed by atoms with Crippen LogP contribution in [0, 0.1) is 5.82 Å². The summed E-state index contributed by atoms with van der Waals surface area (Å²) in [4.78, 5) is 10.5. The number of hydrogen-bond donors (Lipinski definition) is 1. The van der Waals surface area contributed by atoms with Gasteiger partial charge in [0.2, 0.25) is 0 Å². The minimum absolute atomic E-state index is 0.129. The van der Waals surface area contributed by atoms with Crippen LogP contribution in [-0.2, 0) is 11.2 Å². The first-order chi connectivity index (χ1) is 7.66. The van der Waals surface area contributed by atoms with Crippen molar-refractivity contribution in [1.82, 2.24) is 0 Å². The first-order valence-corrected chi connectivity index (χ1v) is 8.02. The van der Waals surface area contributed by atoms with E-state index in [1.165, 1.54) is 10.5 Å². The molecule has 1 aliphatic heterocycles. The van der Waals surface area contributed by atoms with Crippen LogP contribution in [0.2, 0.25) is 0 Å². The summed E-state index contributed by atoms with van der Waals surface area (Å²) in [5.41, 5.74) is 2.09. The predicted molar refractivity (Wildman–Crippen MR) is 54.6 cm³/mol. The molecule has 1 aromatic carbocycles. The number of hydrogen-bond acceptors (Lipinski definition) is 1. The molecule has 0 aliphatic carbocycles. The van der Waals surface area contributed by atoms with Crippen LogP contribution in [0.5, 0.6) is 0 Å². The number of halogens is 2. The number of aliphatic carboxylic acids is 1. The van der Waals surface area contributed by atoms with Crippen molar-refractivity contribution in [3.63, 3.8) is 0 Å². The summed E-state index contributed by atoms with van der Waals surface area (Å²) in [6.45, 7) is 0. The molecule has 1 N–H and O–H groups in total. The molecular formula is C12H13FIO2-. The second-order valence-electron chi connectivity index (χ2n) is 3.84. The van der Waals surface area contributed by atoms with Crippen LogP contribution in [-0.4, -0.2) is 15.5 Å². The second kappa shape index (κ2) is 5.12. The SMILES string of the molecule is O=C(O)CCc1ccc(F)cc1C1CC[I-]1. The number of alkyl halides is 2. The summed E-state index contributed by atoms with van der Waals surface area (Å²) < 4.78 is 15.0. The molecule has 1 fully saturated rings. The summed E-state index contributed by atoms with van der Waals surface area (Å²) >= 11 is 0.176. The van der Waals surface area contributed by atoms with Gasteiger partial charge in [-0.05, 0) is 0 Å². The Morgan fingerprint density at radius 3 is 2.88 bits per heavy atom. The number of aryl methyl sites for hydroxylation is 1. The fourth-order valence-corrected chi connectivity index (χ4v) is 4.08. The van der Waals surface area contributed by atoms with E-state index in [1.807, 2.05) is 0 Å². The first kappa shape index (κ1) is 11.8. The quantitative estimate of drug-likeness (QED) is 0.588. The van der Waals surface area contributed by atoms with Crippen molar-refractivity contribution in [2.24, 2.45) is 0 Å². The van der Waals surface area contributed by atoms with Crippen LogP contribution in [0.15, 0.2) is 18.2 Å². The third-order valence-electron chi connectivity index (χ3n) is 2.71. The van der Waals surface area contributed by atoms with Gasteiger partial charge >= 0.3 is 104 Å². The molecular weight excluding hydrogens is 322 g/mol. The Morgan fingerprint density at radius 1 is 1.56 bits per heavy atom. The molecule has 88 valence electrons. The van der Waals surface area contributed by atoms with Gasteiger partial charge in [-0.2, -0.15) is 0 Å². The van der Waals surface area contributed by atoms with Crippen molar-refractivity contribution in [2.75, 3.05) is 4.43 Å². The molecule has 0 aromatic heterocycles. The Morgan fingerprint density at radius 2 is 2.31 bits per heavy atom. The van der Waals surface area contributed by atoms with Gasteiger partial charge in [0.05, 0.1) is 0 Å². The molecule has 1 saturated heterocycles. The van der Waals surface area contributed by atoms with E-state index < -0.39 is 5.97 Å². The van der Waals surface area contributed by atoms with Crippen molar-refractivity contribution in [2.45, 2.75) is 23.2 Å². The summed E-state index contributed by atoms with van der Waals surface area (Å²) in [5, 5.41) is 8.66. The Kier molecular flexibility index (Phi) is 3.78. The van der Waals surface area contributed by atoms with E-state index in [-0.39, 0.29) is 33.4 Å². The van der Waals surface area contributed by atoms with Gasteiger partial charge in [-0.3, -0.25) is 0 Å². The second-order valence-corrected chi connectivity index (χ2v) is 7.30. The van der Waals surface area contributed by atoms with E-state index >= 15 is 0 Å². The van der Waals surface area contributed by atoms with Crippen LogP contribution in [0.4, 0.5) is 4.39 Å². The van der Waals surface area contributed by atoms with Crippen molar-refractivity contribution in [1.29, 1.82) is 0 Å². The van der Waals surface area contributed by atoms with Crippen molar-refractivity contribution < 1.29 is 35.5 Å². The molecule has 1 aliphatic rings. The van der Waals surface area contributed by atoms with Crippen molar-refractivity contribution in [3.8, 4) is 0 Å². The van der Waals surface area contributed by atoms with Crippen LogP contribution in [0.25, 0.3) is 0 Å². The van der Waals surface area contributed by atoms with Gasteiger partial charge in [0.25, 0.3) is 0 Å². The van der Waals surface area contributed by atoms with E-state index in [9.17, 15) is 9.18 Å². The van der Waals surface area contributed by atoms with E-state index in [4.69, 9.17) is 5.11 Å². The summed E-state index contributed by atoms with van der Waals surface area (Å²) in [6.07, 6.45) is 1.80. The number of carboxylic acid groups (broad SMARTS) is 1. The van der Waals surface area contributed by atoms with Gasteiger partial charge in [0, 0.05) is 0 Å². The Bertz CT molecular complexity index is 402. The third-order valence-corrected chi connectivity index (χ3v) is 6.31. The van der Waals surface area contributed by atoms with Gasteiger partial charge in [-0.25, -0.2) is 0 Å². The molecule has 1 atom stereocenters.